The van der Waals surface area contributed by atoms with E-state index in [1.165, 1.54) is 19.2 Å². The molecule has 1 heterocycles. The monoisotopic (exact) mass is 349 g/mol. The minimum absolute atomic E-state index is 0.110. The predicted octanol–water partition coefficient (Wildman–Crippen LogP) is 4.03. The second-order valence-electron chi connectivity index (χ2n) is 5.50. The molecule has 2 aromatic carbocycles. The Balaban J connectivity index is 2.20. The molecule has 0 amide bonds. The quantitative estimate of drug-likeness (QED) is 0.769. The number of pyridine rings is 1. The highest BCUT2D eigenvalue weighted by atomic mass is 19.1. The molecule has 0 atom stereocenters. The van der Waals surface area contributed by atoms with E-state index in [0.717, 1.165) is 5.56 Å². The molecule has 0 aliphatic carbocycles. The highest BCUT2D eigenvalue weighted by molar-refractivity contribution is 5.81. The van der Waals surface area contributed by atoms with E-state index in [0.29, 0.717) is 28.3 Å². The normalized spacial score (nSPS) is 10.2. The fourth-order valence-corrected chi connectivity index (χ4v) is 2.68. The van der Waals surface area contributed by atoms with Gasteiger partial charge in [-0.1, -0.05) is 6.07 Å². The molecular formula is C20H16FN3O2. The van der Waals surface area contributed by atoms with Crippen molar-refractivity contribution in [3.8, 4) is 40.0 Å². The van der Waals surface area contributed by atoms with Crippen LogP contribution >= 0.6 is 0 Å². The average Bonchev–Trinajstić information content (AvgIpc) is 2.67. The largest absolute Gasteiger partial charge is 0.493 e. The van der Waals surface area contributed by atoms with Crippen LogP contribution < -0.4 is 15.2 Å². The predicted molar refractivity (Wildman–Crippen MR) is 97.3 cm³/mol. The summed E-state index contributed by atoms with van der Waals surface area (Å²) in [5, 5.41) is 9.51. The van der Waals surface area contributed by atoms with E-state index in [2.05, 4.69) is 11.1 Å². The van der Waals surface area contributed by atoms with E-state index in [9.17, 15) is 9.65 Å². The van der Waals surface area contributed by atoms with Crippen LogP contribution in [0, 0.1) is 17.1 Å². The Morgan fingerprint density at radius 2 is 1.62 bits per heavy atom. The number of nitrogens with zero attached hydrogens (tertiary/aromatic N) is 2. The third kappa shape index (κ3) is 3.15. The van der Waals surface area contributed by atoms with E-state index in [-0.39, 0.29) is 17.2 Å². The van der Waals surface area contributed by atoms with Crippen molar-refractivity contribution < 1.29 is 13.9 Å². The molecule has 5 nitrogen and oxygen atoms in total. The first-order valence-electron chi connectivity index (χ1n) is 7.76. The van der Waals surface area contributed by atoms with Crippen LogP contribution in [0.15, 0.2) is 48.5 Å². The average molecular weight is 349 g/mol. The Morgan fingerprint density at radius 1 is 0.962 bits per heavy atom. The molecule has 26 heavy (non-hydrogen) atoms. The third-order valence-electron chi connectivity index (χ3n) is 3.99. The number of nitriles is 1. The van der Waals surface area contributed by atoms with Crippen LogP contribution in [0.1, 0.15) is 5.56 Å². The van der Waals surface area contributed by atoms with E-state index in [4.69, 9.17) is 15.2 Å². The van der Waals surface area contributed by atoms with Gasteiger partial charge in [-0.3, -0.25) is 0 Å². The van der Waals surface area contributed by atoms with Crippen LogP contribution in [-0.4, -0.2) is 19.2 Å². The van der Waals surface area contributed by atoms with E-state index < -0.39 is 0 Å². The Bertz CT molecular complexity index is 995. The second kappa shape index (κ2) is 7.11. The molecular weight excluding hydrogens is 333 g/mol. The van der Waals surface area contributed by atoms with Crippen molar-refractivity contribution >= 4 is 5.82 Å². The van der Waals surface area contributed by atoms with Gasteiger partial charge in [0.15, 0.2) is 11.5 Å². The van der Waals surface area contributed by atoms with Crippen LogP contribution in [0.4, 0.5) is 10.2 Å². The minimum atomic E-state index is -0.338. The van der Waals surface area contributed by atoms with Gasteiger partial charge in [-0.15, -0.1) is 0 Å². The maximum atomic E-state index is 13.2. The van der Waals surface area contributed by atoms with Gasteiger partial charge >= 0.3 is 0 Å². The number of hydrogen-bond donors (Lipinski definition) is 1. The van der Waals surface area contributed by atoms with E-state index in [1.807, 2.05) is 6.07 Å². The fourth-order valence-electron chi connectivity index (χ4n) is 2.68. The van der Waals surface area contributed by atoms with Gasteiger partial charge in [0.25, 0.3) is 0 Å². The van der Waals surface area contributed by atoms with Crippen LogP contribution in [0.3, 0.4) is 0 Å². The van der Waals surface area contributed by atoms with Crippen molar-refractivity contribution in [1.29, 1.82) is 5.26 Å². The van der Waals surface area contributed by atoms with Crippen LogP contribution in [0.5, 0.6) is 11.5 Å². The van der Waals surface area contributed by atoms with Crippen molar-refractivity contribution in [3.05, 3.63) is 59.9 Å². The molecule has 0 unspecified atom stereocenters. The summed E-state index contributed by atoms with van der Waals surface area (Å²) < 4.78 is 23.8. The number of ether oxygens (including phenoxy) is 2. The van der Waals surface area contributed by atoms with E-state index >= 15 is 0 Å². The number of nitrogens with two attached hydrogens (primary N) is 1. The number of aromatic nitrogens is 1. The molecule has 0 radical (unpaired) electrons. The summed E-state index contributed by atoms with van der Waals surface area (Å²) in [6.45, 7) is 0. The first-order chi connectivity index (χ1) is 12.6. The molecule has 0 aliphatic heterocycles. The summed E-state index contributed by atoms with van der Waals surface area (Å²) in [5.74, 6) is 0.887. The number of halogens is 1. The lowest BCUT2D eigenvalue weighted by Gasteiger charge is -2.13. The van der Waals surface area contributed by atoms with Gasteiger partial charge in [-0.05, 0) is 48.0 Å². The van der Waals surface area contributed by atoms with Gasteiger partial charge in [0, 0.05) is 11.1 Å². The van der Waals surface area contributed by atoms with Crippen LogP contribution in [-0.2, 0) is 0 Å². The van der Waals surface area contributed by atoms with Crippen molar-refractivity contribution in [2.75, 3.05) is 20.0 Å². The molecule has 0 spiro atoms. The summed E-state index contributed by atoms with van der Waals surface area (Å²) >= 11 is 0. The topological polar surface area (TPSA) is 81.2 Å². The minimum Gasteiger partial charge on any atom is -0.493 e. The maximum Gasteiger partial charge on any atom is 0.161 e. The van der Waals surface area contributed by atoms with Gasteiger partial charge in [-0.2, -0.15) is 5.26 Å². The molecule has 3 aromatic rings. The number of benzene rings is 2. The Kier molecular flexibility index (Phi) is 4.72. The second-order valence-corrected chi connectivity index (χ2v) is 5.50. The fraction of sp³-hybridized carbons (Fsp3) is 0.100. The number of anilines is 1. The zero-order valence-corrected chi connectivity index (χ0v) is 14.3. The summed E-state index contributed by atoms with van der Waals surface area (Å²) in [6.07, 6.45) is 0. The van der Waals surface area contributed by atoms with Crippen LogP contribution in [0.25, 0.3) is 22.4 Å². The van der Waals surface area contributed by atoms with Crippen molar-refractivity contribution in [3.63, 3.8) is 0 Å². The number of hydrogen-bond acceptors (Lipinski definition) is 5. The first-order valence-corrected chi connectivity index (χ1v) is 7.76. The zero-order chi connectivity index (χ0) is 18.7. The molecule has 0 saturated carbocycles. The maximum absolute atomic E-state index is 13.2. The lowest BCUT2D eigenvalue weighted by Crippen LogP contribution is -2.00. The molecule has 0 bridgehead atoms. The van der Waals surface area contributed by atoms with Gasteiger partial charge in [0.05, 0.1) is 19.9 Å². The van der Waals surface area contributed by atoms with Gasteiger partial charge < -0.3 is 15.2 Å². The smallest absolute Gasteiger partial charge is 0.161 e. The van der Waals surface area contributed by atoms with Crippen molar-refractivity contribution in [2.24, 2.45) is 0 Å². The molecule has 0 aliphatic rings. The Morgan fingerprint density at radius 3 is 2.23 bits per heavy atom. The Hall–Kier alpha value is -3.59. The summed E-state index contributed by atoms with van der Waals surface area (Å²) in [7, 11) is 3.09. The number of methoxy groups -OCH3 is 2. The summed E-state index contributed by atoms with van der Waals surface area (Å²) in [6, 6.07) is 15.1. The Labute approximate surface area is 150 Å². The summed E-state index contributed by atoms with van der Waals surface area (Å²) in [5.41, 5.74) is 8.86. The number of rotatable bonds is 4. The SMILES string of the molecule is COc1ccc(-c2cc(-c3ccc(F)cc3)nc(N)c2C#N)cc1OC. The zero-order valence-electron chi connectivity index (χ0n) is 14.3. The highest BCUT2D eigenvalue weighted by Crippen LogP contribution is 2.36. The highest BCUT2D eigenvalue weighted by Gasteiger charge is 2.15. The molecule has 6 heteroatoms. The number of nitrogen functional groups attached to an aromatic ring is 1. The lowest BCUT2D eigenvalue weighted by molar-refractivity contribution is 0.355. The molecule has 3 rings (SSSR count). The first kappa shape index (κ1) is 17.2. The molecule has 1 aromatic heterocycles. The molecule has 2 N–H and O–H groups in total. The van der Waals surface area contributed by atoms with Gasteiger partial charge in [-0.25, -0.2) is 9.37 Å². The molecule has 0 fully saturated rings. The standard InChI is InChI=1S/C20H16FN3O2/c1-25-18-8-5-13(9-19(18)26-2)15-10-17(24-20(23)16(15)11-22)12-3-6-14(21)7-4-12/h3-10H,1-2H3,(H2,23,24). The lowest BCUT2D eigenvalue weighted by atomic mass is 9.98. The van der Waals surface area contributed by atoms with Crippen molar-refractivity contribution in [2.45, 2.75) is 0 Å². The molecule has 0 saturated heterocycles. The van der Waals surface area contributed by atoms with Gasteiger partial charge in [0.2, 0.25) is 0 Å². The molecule has 130 valence electrons. The van der Waals surface area contributed by atoms with Crippen molar-refractivity contribution in [1.82, 2.24) is 4.98 Å². The summed E-state index contributed by atoms with van der Waals surface area (Å²) in [4.78, 5) is 4.28. The van der Waals surface area contributed by atoms with Gasteiger partial charge in [0.1, 0.15) is 23.3 Å². The van der Waals surface area contributed by atoms with E-state index in [1.54, 1.807) is 37.4 Å². The third-order valence-corrected chi connectivity index (χ3v) is 3.99. The van der Waals surface area contributed by atoms with Crippen LogP contribution in [0.2, 0.25) is 0 Å².